The van der Waals surface area contributed by atoms with E-state index in [2.05, 4.69) is 0 Å². The Kier molecular flexibility index (Phi) is 9.44. The highest BCUT2D eigenvalue weighted by Crippen LogP contribution is 2.44. The molecular weight excluding hydrogens is 525 g/mol. The smallest absolute Gasteiger partial charge is 0.306 e. The Balaban J connectivity index is 2.20. The lowest BCUT2D eigenvalue weighted by Gasteiger charge is -2.48. The Labute approximate surface area is 222 Å². The molecule has 0 aliphatic carbocycles. The monoisotopic (exact) mass is 555 g/mol. The van der Waals surface area contributed by atoms with Gasteiger partial charge in [-0.1, -0.05) is 61.3 Å². The lowest BCUT2D eigenvalue weighted by molar-refractivity contribution is -0.182. The van der Waals surface area contributed by atoms with Gasteiger partial charge in [-0.2, -0.15) is 0 Å². The number of halogens is 2. The second-order valence-corrected chi connectivity index (χ2v) is 12.4. The van der Waals surface area contributed by atoms with Gasteiger partial charge < -0.3 is 14.7 Å². The molecule has 0 bridgehead atoms. The Morgan fingerprint density at radius 1 is 1.06 bits per heavy atom. The third-order valence-electron chi connectivity index (χ3n) is 6.65. The van der Waals surface area contributed by atoms with Crippen molar-refractivity contribution < 1.29 is 27.9 Å². The van der Waals surface area contributed by atoms with Crippen molar-refractivity contribution in [3.63, 3.8) is 0 Å². The summed E-state index contributed by atoms with van der Waals surface area (Å²) in [6, 6.07) is 12.4. The lowest BCUT2D eigenvalue weighted by atomic mass is 9.89. The van der Waals surface area contributed by atoms with Crippen molar-refractivity contribution in [2.24, 2.45) is 0 Å². The highest BCUT2D eigenvalue weighted by Gasteiger charge is 2.48. The number of carboxylic acid groups (broad SMARTS) is 1. The number of carbonyl (C=O) groups is 2. The molecule has 10 heteroatoms. The second-order valence-electron chi connectivity index (χ2n) is 9.05. The number of carbonyl (C=O) groups excluding carboxylic acids is 1. The summed E-state index contributed by atoms with van der Waals surface area (Å²) >= 11 is 12.4. The number of hydrogen-bond acceptors (Lipinski definition) is 5. The van der Waals surface area contributed by atoms with Crippen LogP contribution in [0.4, 0.5) is 0 Å². The van der Waals surface area contributed by atoms with Gasteiger partial charge in [-0.05, 0) is 55.2 Å². The van der Waals surface area contributed by atoms with Gasteiger partial charge in [0.15, 0.2) is 9.84 Å². The van der Waals surface area contributed by atoms with Gasteiger partial charge in [0, 0.05) is 16.1 Å². The maximum absolute atomic E-state index is 13.8. The van der Waals surface area contributed by atoms with Crippen molar-refractivity contribution in [2.45, 2.75) is 69.6 Å². The van der Waals surface area contributed by atoms with Gasteiger partial charge >= 0.3 is 5.97 Å². The highest BCUT2D eigenvalue weighted by atomic mass is 35.5. The van der Waals surface area contributed by atoms with Gasteiger partial charge in [0.2, 0.25) is 0 Å². The highest BCUT2D eigenvalue weighted by molar-refractivity contribution is 7.92. The van der Waals surface area contributed by atoms with Crippen LogP contribution in [0.3, 0.4) is 0 Å². The summed E-state index contributed by atoms with van der Waals surface area (Å²) in [4.78, 5) is 26.9. The van der Waals surface area contributed by atoms with Crippen LogP contribution in [0.1, 0.15) is 63.3 Å². The Bertz CT molecular complexity index is 1190. The Morgan fingerprint density at radius 2 is 1.72 bits per heavy atom. The molecule has 0 radical (unpaired) electrons. The molecule has 1 saturated heterocycles. The number of ether oxygens (including phenoxy) is 1. The van der Waals surface area contributed by atoms with Crippen LogP contribution in [0.25, 0.3) is 0 Å². The van der Waals surface area contributed by atoms with Crippen LogP contribution < -0.4 is 0 Å². The van der Waals surface area contributed by atoms with Gasteiger partial charge in [-0.15, -0.1) is 0 Å². The molecule has 196 valence electrons. The van der Waals surface area contributed by atoms with E-state index < -0.39 is 57.7 Å². The minimum Gasteiger partial charge on any atom is -0.481 e. The van der Waals surface area contributed by atoms with Crippen molar-refractivity contribution >= 4 is 44.9 Å². The number of sulfone groups is 1. The molecule has 5 atom stereocenters. The van der Waals surface area contributed by atoms with Crippen LogP contribution in [-0.4, -0.2) is 53.4 Å². The average Bonchev–Trinajstić information content (AvgIpc) is 2.83. The number of morpholine rings is 1. The van der Waals surface area contributed by atoms with E-state index in [1.165, 1.54) is 4.90 Å². The molecule has 1 N–H and O–H groups in total. The van der Waals surface area contributed by atoms with Crippen molar-refractivity contribution in [1.82, 2.24) is 4.90 Å². The van der Waals surface area contributed by atoms with E-state index in [1.54, 1.807) is 62.4 Å². The summed E-state index contributed by atoms with van der Waals surface area (Å²) in [6.45, 7) is 5.28. The van der Waals surface area contributed by atoms with E-state index in [1.807, 2.05) is 6.92 Å². The molecule has 7 nitrogen and oxygen atoms in total. The zero-order valence-corrected chi connectivity index (χ0v) is 22.8. The molecule has 36 heavy (non-hydrogen) atoms. The zero-order valence-electron chi connectivity index (χ0n) is 20.4. The third-order valence-corrected chi connectivity index (χ3v) is 9.55. The molecule has 2 aromatic carbocycles. The van der Waals surface area contributed by atoms with Crippen LogP contribution in [0.15, 0.2) is 48.5 Å². The van der Waals surface area contributed by atoms with Crippen molar-refractivity contribution in [3.8, 4) is 0 Å². The quantitative estimate of drug-likeness (QED) is 0.417. The first-order valence-electron chi connectivity index (χ1n) is 11.9. The predicted molar refractivity (Wildman–Crippen MR) is 140 cm³/mol. The summed E-state index contributed by atoms with van der Waals surface area (Å²) < 4.78 is 32.4. The number of benzene rings is 2. The Hall–Kier alpha value is -2.13. The fourth-order valence-electron chi connectivity index (χ4n) is 4.48. The summed E-state index contributed by atoms with van der Waals surface area (Å²) in [6.07, 6.45) is -1.81. The predicted octanol–water partition coefficient (Wildman–Crippen LogP) is 5.47. The van der Waals surface area contributed by atoms with Gasteiger partial charge in [-0.3, -0.25) is 9.59 Å². The number of hydrogen-bond donors (Lipinski definition) is 1. The summed E-state index contributed by atoms with van der Waals surface area (Å²) in [5, 5.41) is 9.87. The van der Waals surface area contributed by atoms with Gasteiger partial charge in [-0.25, -0.2) is 8.42 Å². The van der Waals surface area contributed by atoms with Crippen LogP contribution in [0.5, 0.6) is 0 Å². The maximum atomic E-state index is 13.8. The van der Waals surface area contributed by atoms with E-state index >= 15 is 0 Å². The molecule has 0 spiro atoms. The summed E-state index contributed by atoms with van der Waals surface area (Å²) in [5.74, 6) is -1.98. The average molecular weight is 557 g/mol. The molecule has 3 rings (SSSR count). The molecular formula is C26H31Cl2NO6S. The van der Waals surface area contributed by atoms with Crippen molar-refractivity contribution in [1.29, 1.82) is 0 Å². The molecule has 1 aliphatic heterocycles. The first-order chi connectivity index (χ1) is 17.0. The van der Waals surface area contributed by atoms with Gasteiger partial charge in [0.25, 0.3) is 5.91 Å². The normalized spacial score (nSPS) is 22.3. The molecule has 1 heterocycles. The van der Waals surface area contributed by atoms with E-state index in [0.717, 1.165) is 0 Å². The van der Waals surface area contributed by atoms with Crippen molar-refractivity contribution in [3.05, 3.63) is 69.7 Å². The fraction of sp³-hybridized carbons (Fsp3) is 0.462. The first-order valence-corrected chi connectivity index (χ1v) is 14.4. The van der Waals surface area contributed by atoms with Crippen molar-refractivity contribution in [2.75, 3.05) is 5.75 Å². The summed E-state index contributed by atoms with van der Waals surface area (Å²) in [5.41, 5.74) is 1.33. The SMILES string of the molecule is CC[C@@H](CS(=O)(=O)[C@@H](C)CC)N1C(=O)[C@H](CC(=O)O)O[C@H](c2cccc(Cl)c2)[C@H]1c1ccc(Cl)cc1. The minimum absolute atomic E-state index is 0.240. The molecule has 0 saturated carbocycles. The third kappa shape index (κ3) is 6.40. The van der Waals surface area contributed by atoms with Gasteiger partial charge in [0.1, 0.15) is 12.2 Å². The summed E-state index contributed by atoms with van der Waals surface area (Å²) in [7, 11) is -3.53. The topological polar surface area (TPSA) is 101 Å². The molecule has 1 amide bonds. The molecule has 1 fully saturated rings. The van der Waals surface area contributed by atoms with E-state index in [4.69, 9.17) is 27.9 Å². The molecule has 0 aromatic heterocycles. The molecule has 0 unspecified atom stereocenters. The minimum atomic E-state index is -3.53. The van der Waals surface area contributed by atoms with E-state index in [0.29, 0.717) is 34.0 Å². The Morgan fingerprint density at radius 3 is 2.28 bits per heavy atom. The van der Waals surface area contributed by atoms with Crippen LogP contribution >= 0.6 is 23.2 Å². The van der Waals surface area contributed by atoms with Crippen LogP contribution in [0, 0.1) is 0 Å². The number of carboxylic acids is 1. The van der Waals surface area contributed by atoms with Gasteiger partial charge in [0.05, 0.1) is 23.5 Å². The van der Waals surface area contributed by atoms with E-state index in [9.17, 15) is 23.1 Å². The number of aliphatic carboxylic acids is 1. The van der Waals surface area contributed by atoms with Crippen LogP contribution in [-0.2, 0) is 24.2 Å². The number of amides is 1. The second kappa shape index (κ2) is 11.9. The number of nitrogens with zero attached hydrogens (tertiary/aromatic N) is 1. The maximum Gasteiger partial charge on any atom is 0.306 e. The molecule has 1 aliphatic rings. The van der Waals surface area contributed by atoms with Crippen LogP contribution in [0.2, 0.25) is 10.0 Å². The largest absolute Gasteiger partial charge is 0.481 e. The standard InChI is InChI=1S/C26H31Cl2NO6S/c1-4-16(3)36(33,34)15-21(5-2)29-24(17-9-11-19(27)12-10-17)25(18-7-6-8-20(28)13-18)35-22(26(29)32)14-23(30)31/h6-13,16,21-22,24-25H,4-5,14-15H2,1-3H3,(H,30,31)/t16-,21-,22-,24+,25+/m0/s1. The zero-order chi connectivity index (χ0) is 26.6. The first kappa shape index (κ1) is 28.4. The molecule has 2 aromatic rings. The van der Waals surface area contributed by atoms with E-state index in [-0.39, 0.29) is 5.75 Å². The fourth-order valence-corrected chi connectivity index (χ4v) is 6.57. The lowest BCUT2D eigenvalue weighted by Crippen LogP contribution is -2.56. The number of rotatable bonds is 10.